The Morgan fingerprint density at radius 1 is 1.05 bits per heavy atom. The third-order valence-electron chi connectivity index (χ3n) is 3.05. The maximum Gasteiger partial charge on any atom is 0.125 e. The van der Waals surface area contributed by atoms with Gasteiger partial charge in [0.15, 0.2) is 0 Å². The van der Waals surface area contributed by atoms with Crippen molar-refractivity contribution in [2.24, 2.45) is 0 Å². The molecule has 0 radical (unpaired) electrons. The van der Waals surface area contributed by atoms with Crippen LogP contribution in [0.25, 0.3) is 0 Å². The van der Waals surface area contributed by atoms with E-state index in [1.807, 2.05) is 19.9 Å². The van der Waals surface area contributed by atoms with Crippen molar-refractivity contribution < 1.29 is 4.74 Å². The molecule has 106 valence electrons. The fourth-order valence-corrected chi connectivity index (χ4v) is 2.84. The van der Waals surface area contributed by atoms with Crippen molar-refractivity contribution in [3.8, 4) is 5.75 Å². The molecule has 0 amide bonds. The van der Waals surface area contributed by atoms with Gasteiger partial charge in [-0.2, -0.15) is 0 Å². The molecule has 0 aliphatic carbocycles. The summed E-state index contributed by atoms with van der Waals surface area (Å²) in [7, 11) is 0. The van der Waals surface area contributed by atoms with Crippen LogP contribution in [0.5, 0.6) is 5.75 Å². The molecule has 1 nitrogen and oxygen atoms in total. The number of ether oxygens (including phenoxy) is 1. The quantitative estimate of drug-likeness (QED) is 0.589. The molecule has 0 aliphatic rings. The largest absolute Gasteiger partial charge is 0.488 e. The molecule has 0 heterocycles. The van der Waals surface area contributed by atoms with Crippen LogP contribution in [0.4, 0.5) is 0 Å². The van der Waals surface area contributed by atoms with Gasteiger partial charge in [-0.25, -0.2) is 0 Å². The summed E-state index contributed by atoms with van der Waals surface area (Å²) in [5.41, 5.74) is 4.38. The van der Waals surface area contributed by atoms with E-state index in [0.717, 1.165) is 27.8 Å². The van der Waals surface area contributed by atoms with Crippen LogP contribution >= 0.6 is 39.1 Å². The minimum absolute atomic E-state index is 0.411. The van der Waals surface area contributed by atoms with Gasteiger partial charge in [-0.1, -0.05) is 51.3 Å². The highest BCUT2D eigenvalue weighted by Gasteiger charge is 2.08. The number of alkyl halides is 1. The van der Waals surface area contributed by atoms with E-state index in [2.05, 4.69) is 28.1 Å². The maximum atomic E-state index is 6.14. The second-order valence-electron chi connectivity index (χ2n) is 4.72. The normalized spacial score (nSPS) is 10.7. The van der Waals surface area contributed by atoms with Crippen LogP contribution in [0.1, 0.15) is 22.3 Å². The fourth-order valence-electron chi connectivity index (χ4n) is 2.15. The van der Waals surface area contributed by atoms with E-state index in [4.69, 9.17) is 27.9 Å². The van der Waals surface area contributed by atoms with Gasteiger partial charge in [0.25, 0.3) is 0 Å². The lowest BCUT2D eigenvalue weighted by Crippen LogP contribution is -2.00. The van der Waals surface area contributed by atoms with Crippen molar-refractivity contribution in [1.82, 2.24) is 0 Å². The first-order chi connectivity index (χ1) is 9.51. The number of rotatable bonds is 4. The second-order valence-corrected chi connectivity index (χ2v) is 6.12. The van der Waals surface area contributed by atoms with Crippen molar-refractivity contribution in [3.05, 3.63) is 62.6 Å². The first kappa shape index (κ1) is 15.7. The van der Waals surface area contributed by atoms with Crippen LogP contribution < -0.4 is 4.74 Å². The Balaban J connectivity index is 2.21. The third kappa shape index (κ3) is 3.69. The molecular weight excluding hydrogens is 359 g/mol. The summed E-state index contributed by atoms with van der Waals surface area (Å²) in [6.07, 6.45) is 0. The van der Waals surface area contributed by atoms with E-state index in [1.165, 1.54) is 5.56 Å². The Kier molecular flexibility index (Phi) is 5.36. The Labute approximate surface area is 138 Å². The Morgan fingerprint density at radius 2 is 1.70 bits per heavy atom. The number of hydrogen-bond donors (Lipinski definition) is 0. The summed E-state index contributed by atoms with van der Waals surface area (Å²) >= 11 is 15.6. The van der Waals surface area contributed by atoms with Crippen molar-refractivity contribution in [1.29, 1.82) is 0 Å². The van der Waals surface area contributed by atoms with Crippen molar-refractivity contribution in [3.63, 3.8) is 0 Å². The van der Waals surface area contributed by atoms with Gasteiger partial charge >= 0.3 is 0 Å². The fraction of sp³-hybridized carbons (Fsp3) is 0.250. The lowest BCUT2D eigenvalue weighted by atomic mass is 10.1. The van der Waals surface area contributed by atoms with Gasteiger partial charge in [0.05, 0.1) is 0 Å². The van der Waals surface area contributed by atoms with Crippen LogP contribution in [0.15, 0.2) is 30.3 Å². The summed E-state index contributed by atoms with van der Waals surface area (Å²) in [4.78, 5) is 0. The zero-order valence-corrected chi connectivity index (χ0v) is 14.4. The molecule has 4 heteroatoms. The van der Waals surface area contributed by atoms with Gasteiger partial charge in [-0.15, -0.1) is 0 Å². The summed E-state index contributed by atoms with van der Waals surface area (Å²) in [6, 6.07) is 9.64. The summed E-state index contributed by atoms with van der Waals surface area (Å²) in [5, 5.41) is 2.17. The molecule has 0 bridgehead atoms. The molecule has 0 fully saturated rings. The van der Waals surface area contributed by atoms with Gasteiger partial charge in [0.2, 0.25) is 0 Å². The first-order valence-corrected chi connectivity index (χ1v) is 8.12. The SMILES string of the molecule is Cc1cc(CBr)cc(C)c1OCc1cc(Cl)ccc1Cl. The zero-order chi connectivity index (χ0) is 14.7. The predicted octanol–water partition coefficient (Wildman–Crippen LogP) is 6.08. The van der Waals surface area contributed by atoms with Gasteiger partial charge in [-0.3, -0.25) is 0 Å². The van der Waals surface area contributed by atoms with Crippen molar-refractivity contribution in [2.45, 2.75) is 25.8 Å². The predicted molar refractivity (Wildman–Crippen MR) is 89.3 cm³/mol. The highest BCUT2D eigenvalue weighted by atomic mass is 79.9. The molecule has 2 aromatic rings. The number of hydrogen-bond acceptors (Lipinski definition) is 1. The third-order valence-corrected chi connectivity index (χ3v) is 4.31. The van der Waals surface area contributed by atoms with Gasteiger partial charge in [0.1, 0.15) is 12.4 Å². The molecule has 0 N–H and O–H groups in total. The lowest BCUT2D eigenvalue weighted by Gasteiger charge is -2.14. The van der Waals surface area contributed by atoms with Crippen molar-refractivity contribution >= 4 is 39.1 Å². The van der Waals surface area contributed by atoms with Crippen molar-refractivity contribution in [2.75, 3.05) is 0 Å². The first-order valence-electron chi connectivity index (χ1n) is 6.24. The number of aryl methyl sites for hydroxylation is 2. The van der Waals surface area contributed by atoms with Crippen LogP contribution in [-0.4, -0.2) is 0 Å². The minimum Gasteiger partial charge on any atom is -0.488 e. The molecule has 0 aromatic heterocycles. The number of benzene rings is 2. The van der Waals surface area contributed by atoms with E-state index >= 15 is 0 Å². The highest BCUT2D eigenvalue weighted by Crippen LogP contribution is 2.28. The smallest absolute Gasteiger partial charge is 0.125 e. The molecule has 2 aromatic carbocycles. The average molecular weight is 374 g/mol. The topological polar surface area (TPSA) is 9.23 Å². The molecule has 0 atom stereocenters. The Bertz CT molecular complexity index is 603. The summed E-state index contributed by atoms with van der Waals surface area (Å²) in [6.45, 7) is 4.51. The highest BCUT2D eigenvalue weighted by molar-refractivity contribution is 9.08. The van der Waals surface area contributed by atoms with E-state index < -0.39 is 0 Å². The van der Waals surface area contributed by atoms with Crippen LogP contribution in [-0.2, 0) is 11.9 Å². The molecule has 0 spiro atoms. The van der Waals surface area contributed by atoms with Gasteiger partial charge in [-0.05, 0) is 48.7 Å². The molecule has 0 aliphatic heterocycles. The Morgan fingerprint density at radius 3 is 2.30 bits per heavy atom. The zero-order valence-electron chi connectivity index (χ0n) is 11.3. The molecule has 0 unspecified atom stereocenters. The van der Waals surface area contributed by atoms with E-state index in [1.54, 1.807) is 12.1 Å². The number of halogens is 3. The van der Waals surface area contributed by atoms with E-state index in [-0.39, 0.29) is 0 Å². The second kappa shape index (κ2) is 6.84. The van der Waals surface area contributed by atoms with E-state index in [0.29, 0.717) is 16.7 Å². The van der Waals surface area contributed by atoms with E-state index in [9.17, 15) is 0 Å². The molecular formula is C16H15BrCl2O. The summed E-state index contributed by atoms with van der Waals surface area (Å²) < 4.78 is 5.93. The van der Waals surface area contributed by atoms with Gasteiger partial charge < -0.3 is 4.74 Å². The standard InChI is InChI=1S/C16H15BrCl2O/c1-10-5-12(8-17)6-11(2)16(10)20-9-13-7-14(18)3-4-15(13)19/h3-7H,8-9H2,1-2H3. The lowest BCUT2D eigenvalue weighted by molar-refractivity contribution is 0.302. The maximum absolute atomic E-state index is 6.14. The van der Waals surface area contributed by atoms with Crippen LogP contribution in [0.2, 0.25) is 10.0 Å². The molecule has 0 saturated carbocycles. The van der Waals surface area contributed by atoms with Gasteiger partial charge in [0, 0.05) is 20.9 Å². The average Bonchev–Trinajstić information content (AvgIpc) is 2.41. The van der Waals surface area contributed by atoms with Crippen LogP contribution in [0, 0.1) is 13.8 Å². The molecule has 20 heavy (non-hydrogen) atoms. The van der Waals surface area contributed by atoms with Crippen LogP contribution in [0.3, 0.4) is 0 Å². The monoisotopic (exact) mass is 372 g/mol. The molecule has 2 rings (SSSR count). The Hall–Kier alpha value is -0.700. The molecule has 0 saturated heterocycles. The summed E-state index contributed by atoms with van der Waals surface area (Å²) in [5.74, 6) is 0.908. The minimum atomic E-state index is 0.411.